The van der Waals surface area contributed by atoms with Crippen LogP contribution in [0.5, 0.6) is 0 Å². The van der Waals surface area contributed by atoms with Crippen molar-refractivity contribution in [1.82, 2.24) is 15.3 Å². The number of halogens is 1. The van der Waals surface area contributed by atoms with Crippen molar-refractivity contribution in [2.24, 2.45) is 0 Å². The molecule has 3 rings (SSSR count). The zero-order valence-corrected chi connectivity index (χ0v) is 14.1. The maximum Gasteiger partial charge on any atom is 0.407 e. The van der Waals surface area contributed by atoms with Crippen LogP contribution in [0.3, 0.4) is 0 Å². The lowest BCUT2D eigenvalue weighted by atomic mass is 10.2. The van der Waals surface area contributed by atoms with Crippen LogP contribution < -0.4 is 5.32 Å². The SMILES string of the molecule is O=C(NCCC#Cc1c[nH]c2nccc(Cl)c12)OCc1ccccc1. The van der Waals surface area contributed by atoms with E-state index in [2.05, 4.69) is 27.1 Å². The van der Waals surface area contributed by atoms with Gasteiger partial charge in [0.05, 0.1) is 16.0 Å². The van der Waals surface area contributed by atoms with Crippen LogP contribution in [0, 0.1) is 11.8 Å². The molecule has 0 fully saturated rings. The van der Waals surface area contributed by atoms with Gasteiger partial charge in [-0.2, -0.15) is 0 Å². The maximum absolute atomic E-state index is 11.6. The van der Waals surface area contributed by atoms with Crippen molar-refractivity contribution >= 4 is 28.7 Å². The first-order valence-electron chi connectivity index (χ1n) is 7.79. The molecular formula is C19H16ClN3O2. The fourth-order valence-corrected chi connectivity index (χ4v) is 2.52. The van der Waals surface area contributed by atoms with E-state index in [4.69, 9.17) is 16.3 Å². The molecule has 0 spiro atoms. The number of rotatable bonds is 4. The van der Waals surface area contributed by atoms with Gasteiger partial charge in [0.2, 0.25) is 0 Å². The third kappa shape index (κ3) is 4.52. The number of fused-ring (bicyclic) bond motifs is 1. The number of nitrogens with zero attached hydrogens (tertiary/aromatic N) is 1. The summed E-state index contributed by atoms with van der Waals surface area (Å²) in [4.78, 5) is 18.8. The molecular weight excluding hydrogens is 338 g/mol. The Morgan fingerprint density at radius 3 is 2.96 bits per heavy atom. The number of benzene rings is 1. The van der Waals surface area contributed by atoms with Crippen LogP contribution in [0.2, 0.25) is 5.02 Å². The molecule has 0 bridgehead atoms. The normalized spacial score (nSPS) is 10.1. The second kappa shape index (κ2) is 8.22. The summed E-state index contributed by atoms with van der Waals surface area (Å²) in [5.74, 6) is 6.05. The van der Waals surface area contributed by atoms with Gasteiger partial charge in [0.1, 0.15) is 12.3 Å². The first kappa shape index (κ1) is 16.9. The average Bonchev–Trinajstić information content (AvgIpc) is 3.05. The standard InChI is InChI=1S/C19H16ClN3O2/c20-16-9-11-21-18-17(16)15(12-23-18)8-4-5-10-22-19(24)25-13-14-6-2-1-3-7-14/h1-3,6-7,9,11-12H,5,10,13H2,(H,21,23)(H,22,24). The zero-order chi connectivity index (χ0) is 17.5. The smallest absolute Gasteiger partial charge is 0.407 e. The number of alkyl carbamates (subject to hydrolysis) is 1. The van der Waals surface area contributed by atoms with Crippen molar-refractivity contribution in [3.63, 3.8) is 0 Å². The number of carbonyl (C=O) groups is 1. The van der Waals surface area contributed by atoms with Gasteiger partial charge in [-0.1, -0.05) is 53.8 Å². The van der Waals surface area contributed by atoms with Gasteiger partial charge in [-0.05, 0) is 11.6 Å². The topological polar surface area (TPSA) is 67.0 Å². The minimum absolute atomic E-state index is 0.249. The van der Waals surface area contributed by atoms with E-state index in [1.54, 1.807) is 18.5 Å². The molecule has 0 aliphatic carbocycles. The molecule has 2 heterocycles. The molecule has 1 aromatic carbocycles. The summed E-state index contributed by atoms with van der Waals surface area (Å²) in [6.45, 7) is 0.661. The van der Waals surface area contributed by atoms with E-state index in [0.29, 0.717) is 23.6 Å². The Hall–Kier alpha value is -2.97. The molecule has 0 atom stereocenters. The Bertz CT molecular complexity index is 926. The number of H-pyrrole nitrogens is 1. The highest BCUT2D eigenvalue weighted by molar-refractivity contribution is 6.35. The largest absolute Gasteiger partial charge is 0.445 e. The minimum atomic E-state index is -0.454. The van der Waals surface area contributed by atoms with Crippen LogP contribution in [0.15, 0.2) is 48.8 Å². The Balaban J connectivity index is 1.45. The Labute approximate surface area is 150 Å². The van der Waals surface area contributed by atoms with Gasteiger partial charge in [0.25, 0.3) is 0 Å². The number of amides is 1. The molecule has 2 N–H and O–H groups in total. The summed E-state index contributed by atoms with van der Waals surface area (Å²) in [5, 5.41) is 4.09. The van der Waals surface area contributed by atoms with Gasteiger partial charge in [-0.15, -0.1) is 0 Å². The summed E-state index contributed by atoms with van der Waals surface area (Å²) >= 11 is 6.17. The third-order valence-corrected chi connectivity index (χ3v) is 3.79. The summed E-state index contributed by atoms with van der Waals surface area (Å²) in [6, 6.07) is 11.3. The molecule has 6 heteroatoms. The predicted octanol–water partition coefficient (Wildman–Crippen LogP) is 3.88. The quantitative estimate of drug-likeness (QED) is 0.552. The van der Waals surface area contributed by atoms with Crippen molar-refractivity contribution in [2.75, 3.05) is 6.54 Å². The number of ether oxygens (including phenoxy) is 1. The van der Waals surface area contributed by atoms with Crippen molar-refractivity contribution in [2.45, 2.75) is 13.0 Å². The van der Waals surface area contributed by atoms with E-state index in [1.165, 1.54) is 0 Å². The highest BCUT2D eigenvalue weighted by atomic mass is 35.5. The van der Waals surface area contributed by atoms with E-state index in [0.717, 1.165) is 16.5 Å². The first-order chi connectivity index (χ1) is 12.2. The summed E-state index contributed by atoms with van der Waals surface area (Å²) in [6.07, 6.45) is 3.47. The predicted molar refractivity (Wildman–Crippen MR) is 97.2 cm³/mol. The van der Waals surface area contributed by atoms with Gasteiger partial charge >= 0.3 is 6.09 Å². The Morgan fingerprint density at radius 1 is 1.28 bits per heavy atom. The molecule has 2 aromatic heterocycles. The second-order valence-electron chi connectivity index (χ2n) is 5.26. The molecule has 5 nitrogen and oxygen atoms in total. The molecule has 1 amide bonds. The highest BCUT2D eigenvalue weighted by Gasteiger charge is 2.06. The van der Waals surface area contributed by atoms with Crippen molar-refractivity contribution in [3.05, 3.63) is 64.9 Å². The molecule has 0 radical (unpaired) electrons. The lowest BCUT2D eigenvalue weighted by Crippen LogP contribution is -2.24. The van der Waals surface area contributed by atoms with Crippen molar-refractivity contribution in [3.8, 4) is 11.8 Å². The van der Waals surface area contributed by atoms with Crippen LogP contribution in [0.1, 0.15) is 17.5 Å². The van der Waals surface area contributed by atoms with Crippen LogP contribution in [-0.2, 0) is 11.3 Å². The monoisotopic (exact) mass is 353 g/mol. The molecule has 0 saturated carbocycles. The maximum atomic E-state index is 11.6. The molecule has 0 saturated heterocycles. The lowest BCUT2D eigenvalue weighted by molar-refractivity contribution is 0.140. The van der Waals surface area contributed by atoms with Gasteiger partial charge in [0.15, 0.2) is 0 Å². The number of aromatic nitrogens is 2. The molecule has 0 unspecified atom stereocenters. The number of pyridine rings is 1. The van der Waals surface area contributed by atoms with Crippen LogP contribution >= 0.6 is 11.6 Å². The molecule has 3 aromatic rings. The van der Waals surface area contributed by atoms with Gasteiger partial charge < -0.3 is 15.0 Å². The summed E-state index contributed by atoms with van der Waals surface area (Å²) in [5.41, 5.74) is 2.45. The fourth-order valence-electron chi connectivity index (χ4n) is 2.27. The number of nitrogens with one attached hydrogen (secondary N) is 2. The van der Waals surface area contributed by atoms with E-state index in [9.17, 15) is 4.79 Å². The fraction of sp³-hybridized carbons (Fsp3) is 0.158. The van der Waals surface area contributed by atoms with Crippen LogP contribution in [0.4, 0.5) is 4.79 Å². The third-order valence-electron chi connectivity index (χ3n) is 3.48. The number of hydrogen-bond donors (Lipinski definition) is 2. The van der Waals surface area contributed by atoms with Crippen LogP contribution in [0.25, 0.3) is 11.0 Å². The summed E-state index contributed by atoms with van der Waals surface area (Å²) < 4.78 is 5.12. The van der Waals surface area contributed by atoms with E-state index >= 15 is 0 Å². The van der Waals surface area contributed by atoms with Crippen molar-refractivity contribution in [1.29, 1.82) is 0 Å². The molecule has 0 aliphatic rings. The number of hydrogen-bond acceptors (Lipinski definition) is 3. The summed E-state index contributed by atoms with van der Waals surface area (Å²) in [7, 11) is 0. The second-order valence-corrected chi connectivity index (χ2v) is 5.67. The van der Waals surface area contributed by atoms with Crippen LogP contribution in [-0.4, -0.2) is 22.6 Å². The van der Waals surface area contributed by atoms with Gasteiger partial charge in [-0.25, -0.2) is 9.78 Å². The van der Waals surface area contributed by atoms with E-state index in [1.807, 2.05) is 30.3 Å². The molecule has 126 valence electrons. The Morgan fingerprint density at radius 2 is 2.12 bits per heavy atom. The Kier molecular flexibility index (Phi) is 5.55. The molecule has 0 aliphatic heterocycles. The van der Waals surface area contributed by atoms with Gasteiger partial charge in [-0.3, -0.25) is 0 Å². The average molecular weight is 354 g/mol. The highest BCUT2D eigenvalue weighted by Crippen LogP contribution is 2.24. The lowest BCUT2D eigenvalue weighted by Gasteiger charge is -2.05. The number of carbonyl (C=O) groups excluding carboxylic acids is 1. The molecule has 25 heavy (non-hydrogen) atoms. The minimum Gasteiger partial charge on any atom is -0.445 e. The zero-order valence-electron chi connectivity index (χ0n) is 13.4. The van der Waals surface area contributed by atoms with E-state index in [-0.39, 0.29) is 6.61 Å². The first-order valence-corrected chi connectivity index (χ1v) is 8.17. The van der Waals surface area contributed by atoms with E-state index < -0.39 is 6.09 Å². The van der Waals surface area contributed by atoms with Crippen molar-refractivity contribution < 1.29 is 9.53 Å². The van der Waals surface area contributed by atoms with Gasteiger partial charge in [0, 0.05) is 25.4 Å². The number of aromatic amines is 1.